The van der Waals surface area contributed by atoms with Crippen molar-refractivity contribution in [3.8, 4) is 0 Å². The molecular weight excluding hydrogens is 182 g/mol. The quantitative estimate of drug-likeness (QED) is 0.320. The van der Waals surface area contributed by atoms with Crippen LogP contribution in [-0.2, 0) is 0 Å². The van der Waals surface area contributed by atoms with Crippen LogP contribution in [0.2, 0.25) is 0 Å². The third-order valence-electron chi connectivity index (χ3n) is 0.685. The highest BCUT2D eigenvalue weighted by atomic mass is 32.1. The molecule has 0 aliphatic rings. The van der Waals surface area contributed by atoms with E-state index in [1.165, 1.54) is 6.42 Å². The highest BCUT2D eigenvalue weighted by Crippen LogP contribution is 1.79. The van der Waals surface area contributed by atoms with Gasteiger partial charge in [0.25, 0.3) is 0 Å². The summed E-state index contributed by atoms with van der Waals surface area (Å²) in [6.07, 6.45) is 2.85. The van der Waals surface area contributed by atoms with Gasteiger partial charge >= 0.3 is 0 Å². The van der Waals surface area contributed by atoms with E-state index >= 15 is 0 Å². The first kappa shape index (κ1) is 14.9. The molecule has 78 valence electrons. The van der Waals surface area contributed by atoms with Gasteiger partial charge < -0.3 is 0 Å². The molecule has 13 heavy (non-hydrogen) atoms. The largest absolute Gasteiger partial charge is 0.294 e. The second kappa shape index (κ2) is 11.4. The fraction of sp³-hybridized carbons (Fsp3) is 0.778. The fourth-order valence-electron chi connectivity index (χ4n) is 0.320. The van der Waals surface area contributed by atoms with Crippen LogP contribution in [0.1, 0.15) is 41.0 Å². The molecular formula is C9H21N3S. The molecule has 3 nitrogen and oxygen atoms in total. The molecule has 0 saturated carbocycles. The van der Waals surface area contributed by atoms with Gasteiger partial charge in [-0.3, -0.25) is 15.8 Å². The maximum absolute atomic E-state index is 4.74. The summed E-state index contributed by atoms with van der Waals surface area (Å²) < 4.78 is 0. The lowest BCUT2D eigenvalue weighted by atomic mass is 10.4. The average molecular weight is 203 g/mol. The first-order chi connectivity index (χ1) is 6.04. The van der Waals surface area contributed by atoms with E-state index in [0.29, 0.717) is 11.0 Å². The van der Waals surface area contributed by atoms with Gasteiger partial charge in [-0.15, -0.1) is 0 Å². The molecule has 2 N–H and O–H groups in total. The minimum atomic E-state index is 0.319. The van der Waals surface area contributed by atoms with Gasteiger partial charge in [0, 0.05) is 6.04 Å². The van der Waals surface area contributed by atoms with Crippen LogP contribution >= 0.6 is 12.2 Å². The van der Waals surface area contributed by atoms with Crippen molar-refractivity contribution in [2.75, 3.05) is 0 Å². The number of aliphatic imine (C=N–C) groups is 1. The predicted octanol–water partition coefficient (Wildman–Crippen LogP) is 2.28. The molecule has 0 atom stereocenters. The normalized spacial score (nSPS) is 9.38. The maximum Gasteiger partial charge on any atom is 0.101 e. The Morgan fingerprint density at radius 2 is 1.92 bits per heavy atom. The van der Waals surface area contributed by atoms with Crippen molar-refractivity contribution in [3.63, 3.8) is 0 Å². The molecule has 0 fully saturated rings. The molecule has 0 unspecified atom stereocenters. The standard InChI is InChI=1S/C6H13N3S.C3H8/c1-5(2)7-4-8-9-6(3)10;1-3-2/h4-5H,1-3H3,(H,7,8)(H,9,10);3H2,1-2H3. The van der Waals surface area contributed by atoms with Crippen molar-refractivity contribution in [1.29, 1.82) is 0 Å². The minimum absolute atomic E-state index is 0.319. The third kappa shape index (κ3) is 24.6. The lowest BCUT2D eigenvalue weighted by Crippen LogP contribution is -2.33. The maximum atomic E-state index is 4.74. The van der Waals surface area contributed by atoms with Crippen LogP contribution in [0.3, 0.4) is 0 Å². The fourth-order valence-corrected chi connectivity index (χ4v) is 0.379. The van der Waals surface area contributed by atoms with Crippen LogP contribution in [0.5, 0.6) is 0 Å². The first-order valence-electron chi connectivity index (χ1n) is 4.58. The van der Waals surface area contributed by atoms with E-state index in [-0.39, 0.29) is 0 Å². The lowest BCUT2D eigenvalue weighted by Gasteiger charge is -2.01. The molecule has 0 bridgehead atoms. The number of hydrogen-bond donors (Lipinski definition) is 2. The summed E-state index contributed by atoms with van der Waals surface area (Å²) in [7, 11) is 0. The molecule has 0 aliphatic carbocycles. The van der Waals surface area contributed by atoms with Crippen LogP contribution in [0.15, 0.2) is 4.99 Å². The average Bonchev–Trinajstić information content (AvgIpc) is 1.99. The van der Waals surface area contributed by atoms with Crippen molar-refractivity contribution in [2.24, 2.45) is 4.99 Å². The second-order valence-corrected chi connectivity index (χ2v) is 3.52. The van der Waals surface area contributed by atoms with Crippen LogP contribution in [-0.4, -0.2) is 17.4 Å². The predicted molar refractivity (Wildman–Crippen MR) is 64.1 cm³/mol. The van der Waals surface area contributed by atoms with Crippen molar-refractivity contribution in [1.82, 2.24) is 10.9 Å². The van der Waals surface area contributed by atoms with E-state index in [1.807, 2.05) is 13.8 Å². The molecule has 0 radical (unpaired) electrons. The highest BCUT2D eigenvalue weighted by molar-refractivity contribution is 7.80. The van der Waals surface area contributed by atoms with E-state index in [9.17, 15) is 0 Å². The van der Waals surface area contributed by atoms with E-state index in [1.54, 1.807) is 13.3 Å². The Morgan fingerprint density at radius 3 is 2.23 bits per heavy atom. The summed E-state index contributed by atoms with van der Waals surface area (Å²) in [5, 5.41) is 0. The molecule has 4 heteroatoms. The Hall–Kier alpha value is -0.640. The number of thiocarbonyl (C=S) groups is 1. The molecule has 0 amide bonds. The van der Waals surface area contributed by atoms with Crippen LogP contribution < -0.4 is 10.9 Å². The number of hydrogen-bond acceptors (Lipinski definition) is 2. The monoisotopic (exact) mass is 203 g/mol. The van der Waals surface area contributed by atoms with Gasteiger partial charge in [0.1, 0.15) is 6.34 Å². The van der Waals surface area contributed by atoms with Crippen LogP contribution in [0, 0.1) is 0 Å². The Labute approximate surface area is 87.0 Å². The van der Waals surface area contributed by atoms with Gasteiger partial charge in [-0.2, -0.15) is 0 Å². The number of nitrogens with one attached hydrogen (secondary N) is 2. The van der Waals surface area contributed by atoms with Gasteiger partial charge in [-0.05, 0) is 20.8 Å². The molecule has 0 heterocycles. The van der Waals surface area contributed by atoms with Gasteiger partial charge in [-0.25, -0.2) is 0 Å². The highest BCUT2D eigenvalue weighted by Gasteiger charge is 1.82. The first-order valence-corrected chi connectivity index (χ1v) is 4.99. The van der Waals surface area contributed by atoms with Gasteiger partial charge in [0.05, 0.1) is 4.99 Å². The zero-order valence-electron chi connectivity index (χ0n) is 9.22. The molecule has 0 aliphatic heterocycles. The second-order valence-electron chi connectivity index (χ2n) is 2.90. The molecule has 0 aromatic carbocycles. The van der Waals surface area contributed by atoms with Crippen molar-refractivity contribution >= 4 is 23.5 Å². The Bertz CT molecular complexity index is 144. The Morgan fingerprint density at radius 1 is 1.46 bits per heavy atom. The number of nitrogens with zero attached hydrogens (tertiary/aromatic N) is 1. The molecule has 0 saturated heterocycles. The SMILES string of the molecule is CC(=S)NNC=NC(C)C.CCC. The van der Waals surface area contributed by atoms with Crippen LogP contribution in [0.4, 0.5) is 0 Å². The lowest BCUT2D eigenvalue weighted by molar-refractivity contribution is 0.812. The topological polar surface area (TPSA) is 36.4 Å². The van der Waals surface area contributed by atoms with Gasteiger partial charge in [0.15, 0.2) is 0 Å². The summed E-state index contributed by atoms with van der Waals surface area (Å²) in [5.41, 5.74) is 5.47. The molecule has 0 rings (SSSR count). The Balaban J connectivity index is 0. The summed E-state index contributed by atoms with van der Waals surface area (Å²) in [5.74, 6) is 0. The third-order valence-corrected chi connectivity index (χ3v) is 0.787. The van der Waals surface area contributed by atoms with Gasteiger partial charge in [0.2, 0.25) is 0 Å². The summed E-state index contributed by atoms with van der Waals surface area (Å²) >= 11 is 4.74. The smallest absolute Gasteiger partial charge is 0.101 e. The Kier molecular flexibility index (Phi) is 13.0. The summed E-state index contributed by atoms with van der Waals surface area (Å²) in [6.45, 7) is 10.1. The molecule has 0 spiro atoms. The molecule has 0 aromatic rings. The zero-order chi connectivity index (χ0) is 10.7. The summed E-state index contributed by atoms with van der Waals surface area (Å²) in [4.78, 5) is 4.74. The summed E-state index contributed by atoms with van der Waals surface area (Å²) in [6, 6.07) is 0.319. The van der Waals surface area contributed by atoms with Crippen molar-refractivity contribution in [3.05, 3.63) is 0 Å². The van der Waals surface area contributed by atoms with Crippen LogP contribution in [0.25, 0.3) is 0 Å². The van der Waals surface area contributed by atoms with Gasteiger partial charge in [-0.1, -0.05) is 32.5 Å². The minimum Gasteiger partial charge on any atom is -0.294 e. The van der Waals surface area contributed by atoms with Crippen molar-refractivity contribution < 1.29 is 0 Å². The van der Waals surface area contributed by atoms with Crippen molar-refractivity contribution in [2.45, 2.75) is 47.1 Å². The number of hydrazine groups is 1. The van der Waals surface area contributed by atoms with E-state index < -0.39 is 0 Å². The van der Waals surface area contributed by atoms with E-state index in [2.05, 4.69) is 29.7 Å². The zero-order valence-corrected chi connectivity index (χ0v) is 10.0. The van der Waals surface area contributed by atoms with E-state index in [0.717, 1.165) is 0 Å². The number of rotatable bonds is 3. The molecule has 0 aromatic heterocycles. The van der Waals surface area contributed by atoms with E-state index in [4.69, 9.17) is 12.2 Å².